The van der Waals surface area contributed by atoms with E-state index in [-0.39, 0.29) is 10.8 Å². The SMILES string of the molecule is C[Si]1(C)c2ccccc2N(c2ccc3c(-c4ccc5c(c4)C4(Cc6ccccc6C4)c4ccccc4-5)c4cc(N5c6ccccc6[Si](C)(C)c6ccccc65)ccc4c(-c4ccc5c(c4)C4(Cc6ccccc6C4)c4ccccc4-5)c3c2)c2ccccc21. The minimum atomic E-state index is -2.07. The molecule has 0 saturated carbocycles. The van der Waals surface area contributed by atoms with Gasteiger partial charge in [-0.2, -0.15) is 0 Å². The van der Waals surface area contributed by atoms with Crippen molar-refractivity contribution in [2.75, 3.05) is 9.80 Å². The monoisotopic (exact) mass is 1160 g/mol. The van der Waals surface area contributed by atoms with Gasteiger partial charge >= 0.3 is 0 Å². The van der Waals surface area contributed by atoms with Crippen LogP contribution in [0.3, 0.4) is 0 Å². The van der Waals surface area contributed by atoms with Crippen LogP contribution in [0.25, 0.3) is 66.1 Å². The number of benzene rings is 13. The van der Waals surface area contributed by atoms with Crippen molar-refractivity contribution < 1.29 is 0 Å². The number of nitrogens with zero attached hydrogens (tertiary/aromatic N) is 2. The molecular formula is C84H64N2Si2. The van der Waals surface area contributed by atoms with Crippen LogP contribution in [0.5, 0.6) is 0 Å². The second-order valence-electron chi connectivity index (χ2n) is 27.2. The van der Waals surface area contributed by atoms with Gasteiger partial charge in [-0.1, -0.05) is 232 Å². The molecule has 4 aliphatic carbocycles. The minimum Gasteiger partial charge on any atom is -0.311 e. The highest BCUT2D eigenvalue weighted by Gasteiger charge is 2.49. The van der Waals surface area contributed by atoms with E-state index < -0.39 is 16.1 Å². The molecule has 0 radical (unpaired) electrons. The summed E-state index contributed by atoms with van der Waals surface area (Å²) >= 11 is 0. The lowest BCUT2D eigenvalue weighted by atomic mass is 9.74. The van der Waals surface area contributed by atoms with Gasteiger partial charge in [0.2, 0.25) is 0 Å². The largest absolute Gasteiger partial charge is 0.311 e. The molecule has 0 atom stereocenters. The molecule has 2 nitrogen and oxygen atoms in total. The van der Waals surface area contributed by atoms with Gasteiger partial charge in [-0.25, -0.2) is 0 Å². The van der Waals surface area contributed by atoms with Crippen LogP contribution in [-0.4, -0.2) is 16.1 Å². The second kappa shape index (κ2) is 18.0. The van der Waals surface area contributed by atoms with Crippen molar-refractivity contribution >= 4 is 92.6 Å². The highest BCUT2D eigenvalue weighted by Crippen LogP contribution is 2.60. The predicted octanol–water partition coefficient (Wildman–Crippen LogP) is 18.7. The van der Waals surface area contributed by atoms with E-state index in [1.807, 2.05) is 0 Å². The maximum atomic E-state index is 2.65. The predicted molar refractivity (Wildman–Crippen MR) is 375 cm³/mol. The maximum absolute atomic E-state index is 2.65. The van der Waals surface area contributed by atoms with Crippen LogP contribution in [-0.2, 0) is 36.5 Å². The Kier molecular flexibility index (Phi) is 10.3. The van der Waals surface area contributed by atoms with E-state index in [9.17, 15) is 0 Å². The third-order valence-corrected chi connectivity index (χ3v) is 29.3. The first-order valence-corrected chi connectivity index (χ1v) is 37.7. The first kappa shape index (κ1) is 50.6. The van der Waals surface area contributed by atoms with Gasteiger partial charge in [-0.05, 0) is 218 Å². The Labute approximate surface area is 517 Å². The zero-order valence-corrected chi connectivity index (χ0v) is 52.1. The van der Waals surface area contributed by atoms with Crippen molar-refractivity contribution in [3.63, 3.8) is 0 Å². The van der Waals surface area contributed by atoms with Gasteiger partial charge in [0.05, 0.1) is 0 Å². The smallest absolute Gasteiger partial charge is 0.117 e. The van der Waals surface area contributed by atoms with Crippen molar-refractivity contribution in [2.24, 2.45) is 0 Å². The van der Waals surface area contributed by atoms with Gasteiger partial charge in [0.1, 0.15) is 16.1 Å². The first-order chi connectivity index (χ1) is 43.1. The Hall–Kier alpha value is -9.59. The summed E-state index contributed by atoms with van der Waals surface area (Å²) in [6.45, 7) is 10.1. The maximum Gasteiger partial charge on any atom is 0.117 e. The third kappa shape index (κ3) is 6.71. The van der Waals surface area contributed by atoms with E-state index in [2.05, 4.69) is 303 Å². The second-order valence-corrected chi connectivity index (χ2v) is 35.9. The number of rotatable bonds is 4. The van der Waals surface area contributed by atoms with Gasteiger partial charge in [-0.15, -0.1) is 0 Å². The molecule has 19 rings (SSSR count). The normalized spacial score (nSPS) is 16.5. The molecule has 88 heavy (non-hydrogen) atoms. The summed E-state index contributed by atoms with van der Waals surface area (Å²) < 4.78 is 0. The van der Waals surface area contributed by atoms with Crippen LogP contribution < -0.4 is 30.5 Å². The topological polar surface area (TPSA) is 6.48 Å². The van der Waals surface area contributed by atoms with Crippen LogP contribution >= 0.6 is 0 Å². The van der Waals surface area contributed by atoms with E-state index in [0.29, 0.717) is 0 Å². The lowest BCUT2D eigenvalue weighted by Crippen LogP contribution is -2.58. The standard InChI is InChI=1S/C84H64N2Si2/c1-87(2)77-33-17-13-29-73(77)85(74-30-14-18-34-78(74)87)59-39-43-65-67(47-59)81(53-37-41-63-61-25-9-11-27-69(61)83(71(63)45-53)49-55-21-5-6-22-56(55)50-83)66-44-40-60(86-75-31-15-19-35-79(75)88(3,4)80-36-20-16-32-76(80)86)48-68(66)82(65)54-38-42-64-62-26-10-12-28-70(62)84(72(64)46-54)51-57-23-7-8-24-58(57)52-84/h5-48H,49-52H2,1-4H3. The molecule has 0 fully saturated rings. The Morgan fingerprint density at radius 3 is 0.943 bits per heavy atom. The Morgan fingerprint density at radius 2 is 0.580 bits per heavy atom. The molecule has 2 heterocycles. The molecule has 13 aromatic rings. The van der Waals surface area contributed by atoms with Crippen LogP contribution in [0, 0.1) is 0 Å². The summed E-state index contributed by atoms with van der Waals surface area (Å²) in [5.74, 6) is 0. The average molecular weight is 1160 g/mol. The molecule has 13 aromatic carbocycles. The molecule has 4 heteroatoms. The molecule has 418 valence electrons. The van der Waals surface area contributed by atoms with Gasteiger partial charge in [0, 0.05) is 45.0 Å². The van der Waals surface area contributed by atoms with E-state index in [1.165, 1.54) is 165 Å². The number of hydrogen-bond donors (Lipinski definition) is 0. The molecule has 0 N–H and O–H groups in total. The summed E-state index contributed by atoms with van der Waals surface area (Å²) in [6.07, 6.45) is 3.97. The summed E-state index contributed by atoms with van der Waals surface area (Å²) in [5.41, 5.74) is 29.4. The van der Waals surface area contributed by atoms with Crippen LogP contribution in [0.4, 0.5) is 34.1 Å². The molecule has 0 bridgehead atoms. The lowest BCUT2D eigenvalue weighted by Gasteiger charge is -2.41. The van der Waals surface area contributed by atoms with Gasteiger partial charge in [0.25, 0.3) is 0 Å². The summed E-state index contributed by atoms with van der Waals surface area (Å²) in [4.78, 5) is 5.18. The van der Waals surface area contributed by atoms with Crippen molar-refractivity contribution in [2.45, 2.75) is 62.7 Å². The third-order valence-electron chi connectivity index (χ3n) is 22.2. The lowest BCUT2D eigenvalue weighted by molar-refractivity contribution is 0.563. The van der Waals surface area contributed by atoms with Gasteiger partial charge in [-0.3, -0.25) is 0 Å². The number of hydrogen-bond acceptors (Lipinski definition) is 2. The molecule has 0 aromatic heterocycles. The van der Waals surface area contributed by atoms with Gasteiger partial charge in [0.15, 0.2) is 0 Å². The van der Waals surface area contributed by atoms with Crippen LogP contribution in [0.1, 0.15) is 44.5 Å². The van der Waals surface area contributed by atoms with Crippen molar-refractivity contribution in [3.8, 4) is 44.5 Å². The first-order valence-electron chi connectivity index (χ1n) is 31.7. The van der Waals surface area contributed by atoms with Crippen LogP contribution in [0.15, 0.2) is 267 Å². The average Bonchev–Trinajstić information content (AvgIpc) is 0.963. The molecule has 6 aliphatic rings. The number of fused-ring (bicyclic) bond motifs is 18. The molecular weight excluding hydrogens is 1090 g/mol. The summed E-state index contributed by atoms with van der Waals surface area (Å²) in [7, 11) is -4.14. The molecule has 2 spiro atoms. The Bertz CT molecular complexity index is 4740. The van der Waals surface area contributed by atoms with Crippen molar-refractivity contribution in [1.82, 2.24) is 0 Å². The fourth-order valence-corrected chi connectivity index (χ4v) is 24.2. The highest BCUT2D eigenvalue weighted by atomic mass is 28.3. The molecule has 0 saturated heterocycles. The molecule has 0 unspecified atom stereocenters. The zero-order valence-electron chi connectivity index (χ0n) is 50.1. The molecule has 2 aliphatic heterocycles. The highest BCUT2D eigenvalue weighted by molar-refractivity contribution is 7.03. The van der Waals surface area contributed by atoms with Crippen molar-refractivity contribution in [1.29, 1.82) is 0 Å². The van der Waals surface area contributed by atoms with Crippen LogP contribution in [0.2, 0.25) is 26.2 Å². The fraction of sp³-hybridized carbons (Fsp3) is 0.119. The minimum absolute atomic E-state index is 0.169. The quantitative estimate of drug-likeness (QED) is 0.128. The number of anilines is 6. The van der Waals surface area contributed by atoms with Crippen molar-refractivity contribution in [3.05, 3.63) is 311 Å². The van der Waals surface area contributed by atoms with E-state index >= 15 is 0 Å². The number of para-hydroxylation sites is 4. The summed E-state index contributed by atoms with van der Waals surface area (Å²) in [6, 6.07) is 104. The Morgan fingerprint density at radius 1 is 0.273 bits per heavy atom. The van der Waals surface area contributed by atoms with E-state index in [1.54, 1.807) is 0 Å². The van der Waals surface area contributed by atoms with E-state index in [0.717, 1.165) is 25.7 Å². The zero-order chi connectivity index (χ0) is 58.4. The summed E-state index contributed by atoms with van der Waals surface area (Å²) in [5, 5.41) is 10.9. The van der Waals surface area contributed by atoms with Gasteiger partial charge < -0.3 is 9.80 Å². The molecule has 0 amide bonds. The fourth-order valence-electron chi connectivity index (χ4n) is 18.2. The Balaban J connectivity index is 0.928. The van der Waals surface area contributed by atoms with E-state index in [4.69, 9.17) is 0 Å².